The Kier molecular flexibility index (Phi) is 7.27. The average Bonchev–Trinajstić information content (AvgIpc) is 2.68. The van der Waals surface area contributed by atoms with E-state index in [2.05, 4.69) is 65.2 Å². The molecule has 5 heteroatoms. The lowest BCUT2D eigenvalue weighted by Crippen LogP contribution is -2.28. The number of aromatic nitrogens is 1. The third-order valence-corrected chi connectivity index (χ3v) is 5.75. The van der Waals surface area contributed by atoms with Crippen molar-refractivity contribution in [3.8, 4) is 0 Å². The zero-order chi connectivity index (χ0) is 19.2. The number of pyridine rings is 1. The maximum Gasteiger partial charge on any atom is 0.132 e. The fraction of sp³-hybridized carbons (Fsp3) is 0.500. The van der Waals surface area contributed by atoms with Crippen molar-refractivity contribution < 1.29 is 4.74 Å². The summed E-state index contributed by atoms with van der Waals surface area (Å²) in [6.07, 6.45) is 4.37. The number of anilines is 2. The SMILES string of the molecule is CC(C)c1cc(N(C)c2cccc(Br)c2)ncc1CNCC1CCOCC1. The van der Waals surface area contributed by atoms with Gasteiger partial charge in [-0.2, -0.15) is 0 Å². The molecule has 146 valence electrons. The van der Waals surface area contributed by atoms with Crippen LogP contribution in [-0.2, 0) is 11.3 Å². The van der Waals surface area contributed by atoms with Gasteiger partial charge in [0.1, 0.15) is 5.82 Å². The van der Waals surface area contributed by atoms with Gasteiger partial charge in [0.2, 0.25) is 0 Å². The summed E-state index contributed by atoms with van der Waals surface area (Å²) in [6, 6.07) is 10.5. The summed E-state index contributed by atoms with van der Waals surface area (Å²) in [6.45, 7) is 8.24. The van der Waals surface area contributed by atoms with Crippen LogP contribution in [0.5, 0.6) is 0 Å². The van der Waals surface area contributed by atoms with E-state index in [1.807, 2.05) is 18.3 Å². The quantitative estimate of drug-likeness (QED) is 0.649. The van der Waals surface area contributed by atoms with Crippen molar-refractivity contribution in [3.05, 3.63) is 52.1 Å². The second-order valence-corrected chi connectivity index (χ2v) is 8.54. The number of hydrogen-bond acceptors (Lipinski definition) is 4. The van der Waals surface area contributed by atoms with Gasteiger partial charge in [-0.1, -0.05) is 35.8 Å². The third-order valence-electron chi connectivity index (χ3n) is 5.26. The minimum absolute atomic E-state index is 0.461. The second-order valence-electron chi connectivity index (χ2n) is 7.62. The molecule has 2 heterocycles. The summed E-state index contributed by atoms with van der Waals surface area (Å²) in [5.74, 6) is 2.17. The van der Waals surface area contributed by atoms with E-state index in [0.717, 1.165) is 48.2 Å². The Hall–Kier alpha value is -1.43. The number of nitrogens with one attached hydrogen (secondary N) is 1. The summed E-state index contributed by atoms with van der Waals surface area (Å²) < 4.78 is 6.52. The lowest BCUT2D eigenvalue weighted by molar-refractivity contribution is 0.0662. The Morgan fingerprint density at radius 3 is 2.74 bits per heavy atom. The van der Waals surface area contributed by atoms with Crippen molar-refractivity contribution in [2.75, 3.05) is 31.7 Å². The van der Waals surface area contributed by atoms with Gasteiger partial charge in [0.05, 0.1) is 0 Å². The molecule has 0 bridgehead atoms. The molecule has 0 aliphatic carbocycles. The highest BCUT2D eigenvalue weighted by molar-refractivity contribution is 9.10. The third kappa shape index (κ3) is 5.53. The van der Waals surface area contributed by atoms with Crippen LogP contribution in [-0.4, -0.2) is 31.8 Å². The summed E-state index contributed by atoms with van der Waals surface area (Å²) in [5, 5.41) is 3.64. The first-order chi connectivity index (χ1) is 13.0. The predicted molar refractivity (Wildman–Crippen MR) is 116 cm³/mol. The molecule has 1 saturated heterocycles. The van der Waals surface area contributed by atoms with Crippen molar-refractivity contribution in [1.29, 1.82) is 0 Å². The Balaban J connectivity index is 1.70. The van der Waals surface area contributed by atoms with Crippen LogP contribution in [0.25, 0.3) is 0 Å². The first-order valence-corrected chi connectivity index (χ1v) is 10.6. The summed E-state index contributed by atoms with van der Waals surface area (Å²) in [4.78, 5) is 6.88. The van der Waals surface area contributed by atoms with Gasteiger partial charge >= 0.3 is 0 Å². The number of hydrogen-bond donors (Lipinski definition) is 1. The Morgan fingerprint density at radius 2 is 2.04 bits per heavy atom. The number of halogens is 1. The van der Waals surface area contributed by atoms with Gasteiger partial charge in [-0.05, 0) is 66.6 Å². The first-order valence-electron chi connectivity index (χ1n) is 9.81. The van der Waals surface area contributed by atoms with Crippen LogP contribution < -0.4 is 10.2 Å². The van der Waals surface area contributed by atoms with E-state index < -0.39 is 0 Å². The van der Waals surface area contributed by atoms with Crippen LogP contribution >= 0.6 is 15.9 Å². The van der Waals surface area contributed by atoms with Gasteiger partial charge in [-0.25, -0.2) is 4.98 Å². The molecule has 0 atom stereocenters. The van der Waals surface area contributed by atoms with Gasteiger partial charge in [0.25, 0.3) is 0 Å². The molecule has 0 radical (unpaired) electrons. The molecule has 3 rings (SSSR count). The van der Waals surface area contributed by atoms with Crippen molar-refractivity contribution >= 4 is 27.4 Å². The van der Waals surface area contributed by atoms with Gasteiger partial charge in [-0.15, -0.1) is 0 Å². The van der Waals surface area contributed by atoms with Crippen molar-refractivity contribution in [2.45, 2.75) is 39.2 Å². The number of rotatable bonds is 7. The highest BCUT2D eigenvalue weighted by Crippen LogP contribution is 2.28. The molecule has 0 spiro atoms. The van der Waals surface area contributed by atoms with Crippen molar-refractivity contribution in [3.63, 3.8) is 0 Å². The summed E-state index contributed by atoms with van der Waals surface area (Å²) in [5.41, 5.74) is 3.78. The molecule has 1 aromatic heterocycles. The molecule has 4 nitrogen and oxygen atoms in total. The monoisotopic (exact) mass is 431 g/mol. The van der Waals surface area contributed by atoms with E-state index in [0.29, 0.717) is 5.92 Å². The van der Waals surface area contributed by atoms with Crippen LogP contribution in [0.4, 0.5) is 11.5 Å². The zero-order valence-electron chi connectivity index (χ0n) is 16.5. The lowest BCUT2D eigenvalue weighted by Gasteiger charge is -2.24. The Bertz CT molecular complexity index is 744. The standard InChI is InChI=1S/C22H30BrN3O/c1-16(2)21-12-22(26(3)20-6-4-5-19(23)11-20)25-15-18(21)14-24-13-17-7-9-27-10-8-17/h4-6,11-12,15-17,24H,7-10,13-14H2,1-3H3. The molecule has 0 saturated carbocycles. The molecule has 1 aromatic carbocycles. The molecular weight excluding hydrogens is 402 g/mol. The molecule has 1 aliphatic rings. The van der Waals surface area contributed by atoms with Crippen molar-refractivity contribution in [2.24, 2.45) is 5.92 Å². The molecule has 1 fully saturated rings. The molecule has 0 unspecified atom stereocenters. The fourth-order valence-electron chi connectivity index (χ4n) is 3.53. The minimum atomic E-state index is 0.461. The van der Waals surface area contributed by atoms with E-state index in [9.17, 15) is 0 Å². The van der Waals surface area contributed by atoms with Crippen LogP contribution in [0, 0.1) is 5.92 Å². The van der Waals surface area contributed by atoms with E-state index in [-0.39, 0.29) is 0 Å². The Labute approximate surface area is 171 Å². The maximum atomic E-state index is 5.45. The largest absolute Gasteiger partial charge is 0.381 e. The lowest BCUT2D eigenvalue weighted by atomic mass is 9.97. The zero-order valence-corrected chi connectivity index (χ0v) is 18.1. The summed E-state index contributed by atoms with van der Waals surface area (Å²) >= 11 is 3.55. The van der Waals surface area contributed by atoms with Gasteiger partial charge in [0.15, 0.2) is 0 Å². The van der Waals surface area contributed by atoms with Crippen LogP contribution in [0.2, 0.25) is 0 Å². The van der Waals surface area contributed by atoms with Gasteiger partial charge in [-0.3, -0.25) is 0 Å². The Morgan fingerprint density at radius 1 is 1.26 bits per heavy atom. The molecule has 27 heavy (non-hydrogen) atoms. The molecule has 2 aromatic rings. The fourth-order valence-corrected chi connectivity index (χ4v) is 3.92. The molecule has 0 amide bonds. The molecule has 1 aliphatic heterocycles. The van der Waals surface area contributed by atoms with Gasteiger partial charge in [0, 0.05) is 43.2 Å². The first kappa shape index (κ1) is 20.3. The van der Waals surface area contributed by atoms with Crippen molar-refractivity contribution in [1.82, 2.24) is 10.3 Å². The van der Waals surface area contributed by atoms with E-state index >= 15 is 0 Å². The number of nitrogens with zero attached hydrogens (tertiary/aromatic N) is 2. The number of ether oxygens (including phenoxy) is 1. The summed E-state index contributed by atoms with van der Waals surface area (Å²) in [7, 11) is 2.07. The van der Waals surface area contributed by atoms with Crippen LogP contribution in [0.1, 0.15) is 43.7 Å². The number of benzene rings is 1. The van der Waals surface area contributed by atoms with Crippen LogP contribution in [0.15, 0.2) is 41.0 Å². The normalized spacial score (nSPS) is 15.3. The molecular formula is C22H30BrN3O. The second kappa shape index (κ2) is 9.67. The van der Waals surface area contributed by atoms with E-state index in [1.165, 1.54) is 24.0 Å². The smallest absolute Gasteiger partial charge is 0.132 e. The highest BCUT2D eigenvalue weighted by Gasteiger charge is 2.15. The molecule has 1 N–H and O–H groups in total. The highest BCUT2D eigenvalue weighted by atomic mass is 79.9. The van der Waals surface area contributed by atoms with E-state index in [1.54, 1.807) is 0 Å². The average molecular weight is 432 g/mol. The van der Waals surface area contributed by atoms with E-state index in [4.69, 9.17) is 9.72 Å². The van der Waals surface area contributed by atoms with Gasteiger partial charge < -0.3 is 15.0 Å². The minimum Gasteiger partial charge on any atom is -0.381 e. The predicted octanol–water partition coefficient (Wildman–Crippen LogP) is 5.25. The van der Waals surface area contributed by atoms with Crippen LogP contribution in [0.3, 0.4) is 0 Å². The maximum absolute atomic E-state index is 5.45. The topological polar surface area (TPSA) is 37.4 Å².